The van der Waals surface area contributed by atoms with Gasteiger partial charge in [0.1, 0.15) is 12.2 Å². The third-order valence-electron chi connectivity index (χ3n) is 13.9. The van der Waals surface area contributed by atoms with Gasteiger partial charge in [0.15, 0.2) is 20.4 Å². The van der Waals surface area contributed by atoms with Crippen molar-refractivity contribution in [2.75, 3.05) is 26.4 Å². The van der Waals surface area contributed by atoms with Crippen LogP contribution in [0.5, 0.6) is 0 Å². The summed E-state index contributed by atoms with van der Waals surface area (Å²) in [5.74, 6) is 6.61. The quantitative estimate of drug-likeness (QED) is 0.179. The smallest absolute Gasteiger partial charge is 0.192 e. The number of hydrogen-bond acceptors (Lipinski definition) is 7. The lowest BCUT2D eigenvalue weighted by Gasteiger charge is -2.57. The molecule has 2 N–H and O–H groups in total. The molecule has 1 aromatic rings. The highest BCUT2D eigenvalue weighted by Gasteiger charge is 2.64. The van der Waals surface area contributed by atoms with Crippen LogP contribution in [0.4, 0.5) is 0 Å². The maximum absolute atomic E-state index is 12.4. The van der Waals surface area contributed by atoms with Crippen LogP contribution in [0.25, 0.3) is 0 Å². The summed E-state index contributed by atoms with van der Waals surface area (Å²) in [6.45, 7) is 16.5. The van der Waals surface area contributed by atoms with E-state index < -0.39 is 30.7 Å². The lowest BCUT2D eigenvalue weighted by molar-refractivity contribution is -0.208. The van der Waals surface area contributed by atoms with E-state index in [0.717, 1.165) is 58.0 Å². The van der Waals surface area contributed by atoms with Crippen LogP contribution in [-0.4, -0.2) is 68.2 Å². The van der Waals surface area contributed by atoms with Gasteiger partial charge in [0.05, 0.1) is 25.4 Å². The minimum Gasteiger partial charge on any atom is -0.413 e. The van der Waals surface area contributed by atoms with Crippen LogP contribution in [0.1, 0.15) is 115 Å². The van der Waals surface area contributed by atoms with Crippen LogP contribution in [0.15, 0.2) is 35.4 Å². The fraction of sp³-hybridized carbons (Fsp3) is 0.756. The molecule has 7 nitrogen and oxygen atoms in total. The van der Waals surface area contributed by atoms with E-state index in [0.29, 0.717) is 50.9 Å². The molecule has 1 unspecified atom stereocenters. The second-order valence-electron chi connectivity index (χ2n) is 17.8. The average molecular weight is 693 g/mol. The Morgan fingerprint density at radius 3 is 2.41 bits per heavy atom. The molecule has 0 amide bonds. The minimum atomic E-state index is -1.88. The van der Waals surface area contributed by atoms with Gasteiger partial charge < -0.3 is 33.6 Å². The Kier molecular flexibility index (Phi) is 9.62. The fourth-order valence-electron chi connectivity index (χ4n) is 10.0. The first-order chi connectivity index (χ1) is 23.2. The largest absolute Gasteiger partial charge is 0.413 e. The van der Waals surface area contributed by atoms with Crippen molar-refractivity contribution < 1.29 is 33.6 Å². The first kappa shape index (κ1) is 35.8. The molecule has 2 heterocycles. The molecule has 2 saturated heterocycles. The lowest BCUT2D eigenvalue weighted by atomic mass is 9.49. The maximum atomic E-state index is 12.4. The Labute approximate surface area is 295 Å². The molecule has 4 aliphatic carbocycles. The molecule has 3 saturated carbocycles. The number of aliphatic hydroxyl groups is 2. The van der Waals surface area contributed by atoms with Crippen molar-refractivity contribution in [3.63, 3.8) is 0 Å². The minimum absolute atomic E-state index is 0.0845. The standard InChI is InChI=1S/C41H60O7Si/c1-37(2,3)49(5,6)48-27-29-11-13-30(14-12-29)32-26-38(4)33(16-20-40(38,43)18-9-23-45-35-10-7-8-22-44-35)31-15-19-39(42)28-41(46-24-25-47-41)21-17-34(39)36(31)32/h11-14,31-33,35,42-43H,7-8,10,15-17,19-28H2,1-6H3/t31-,32+,33-,35?,38-,39+,40-/m0/s1. The zero-order valence-corrected chi connectivity index (χ0v) is 31.9. The van der Waals surface area contributed by atoms with Gasteiger partial charge in [-0.1, -0.05) is 69.4 Å². The summed E-state index contributed by atoms with van der Waals surface area (Å²) in [4.78, 5) is 0. The molecule has 49 heavy (non-hydrogen) atoms. The molecule has 270 valence electrons. The summed E-state index contributed by atoms with van der Waals surface area (Å²) in [7, 11) is -1.88. The fourth-order valence-corrected chi connectivity index (χ4v) is 11.0. The maximum Gasteiger partial charge on any atom is 0.192 e. The van der Waals surface area contributed by atoms with Crippen LogP contribution in [0.3, 0.4) is 0 Å². The predicted octanol–water partition coefficient (Wildman–Crippen LogP) is 7.75. The monoisotopic (exact) mass is 692 g/mol. The summed E-state index contributed by atoms with van der Waals surface area (Å²) < 4.78 is 30.5. The number of allylic oxidation sites excluding steroid dienone is 1. The predicted molar refractivity (Wildman–Crippen MR) is 192 cm³/mol. The summed E-state index contributed by atoms with van der Waals surface area (Å²) in [5.41, 5.74) is 2.65. The van der Waals surface area contributed by atoms with E-state index in [2.05, 4.69) is 76.9 Å². The Bertz CT molecular complexity index is 1460. The first-order valence-corrected chi connectivity index (χ1v) is 22.0. The highest BCUT2D eigenvalue weighted by molar-refractivity contribution is 6.74. The summed E-state index contributed by atoms with van der Waals surface area (Å²) >= 11 is 0. The van der Waals surface area contributed by atoms with E-state index in [-0.39, 0.29) is 23.9 Å². The molecule has 0 radical (unpaired) electrons. The van der Waals surface area contributed by atoms with E-state index in [1.54, 1.807) is 0 Å². The first-order valence-electron chi connectivity index (χ1n) is 19.1. The van der Waals surface area contributed by atoms with E-state index in [9.17, 15) is 10.2 Å². The SMILES string of the molecule is CC(C)(C)[Si](C)(C)OCc1ccc([C@H]2C[C@@]3(C)[C@@H](CC[C@@]3(O)C#CCOC3CCCCO3)[C@@H]3CC[C@@]4(O)CC5(CCC4=C32)OCCO5)cc1. The summed E-state index contributed by atoms with van der Waals surface area (Å²) in [6.07, 6.45) is 8.95. The van der Waals surface area contributed by atoms with Gasteiger partial charge in [-0.25, -0.2) is 0 Å². The van der Waals surface area contributed by atoms with Gasteiger partial charge in [-0.15, -0.1) is 0 Å². The molecule has 7 atom stereocenters. The third-order valence-corrected chi connectivity index (χ3v) is 18.4. The Morgan fingerprint density at radius 2 is 1.71 bits per heavy atom. The van der Waals surface area contributed by atoms with Gasteiger partial charge in [-0.3, -0.25) is 0 Å². The zero-order valence-electron chi connectivity index (χ0n) is 30.9. The van der Waals surface area contributed by atoms with Gasteiger partial charge in [0.2, 0.25) is 0 Å². The number of fused-ring (bicyclic) bond motifs is 4. The van der Waals surface area contributed by atoms with Gasteiger partial charge in [0, 0.05) is 30.8 Å². The molecule has 1 aromatic carbocycles. The van der Waals surface area contributed by atoms with Crippen LogP contribution in [0.2, 0.25) is 18.1 Å². The summed E-state index contributed by atoms with van der Waals surface area (Å²) in [5, 5.41) is 25.0. The van der Waals surface area contributed by atoms with Crippen LogP contribution < -0.4 is 0 Å². The molecule has 0 aromatic heterocycles. The zero-order chi connectivity index (χ0) is 34.7. The molecular weight excluding hydrogens is 633 g/mol. The van der Waals surface area contributed by atoms with Gasteiger partial charge in [0.25, 0.3) is 0 Å². The number of hydrogen-bond donors (Lipinski definition) is 2. The van der Waals surface area contributed by atoms with E-state index in [1.807, 2.05) is 0 Å². The molecule has 5 fully saturated rings. The summed E-state index contributed by atoms with van der Waals surface area (Å²) in [6, 6.07) is 9.02. The topological polar surface area (TPSA) is 86.6 Å². The van der Waals surface area contributed by atoms with Gasteiger partial charge in [-0.2, -0.15) is 0 Å². The molecule has 1 spiro atoms. The Balaban J connectivity index is 1.20. The van der Waals surface area contributed by atoms with E-state index >= 15 is 0 Å². The Morgan fingerprint density at radius 1 is 0.959 bits per heavy atom. The van der Waals surface area contributed by atoms with Gasteiger partial charge >= 0.3 is 0 Å². The van der Waals surface area contributed by atoms with Gasteiger partial charge in [-0.05, 0) is 104 Å². The van der Waals surface area contributed by atoms with Crippen LogP contribution in [0, 0.1) is 29.1 Å². The van der Waals surface area contributed by atoms with Crippen molar-refractivity contribution in [2.24, 2.45) is 17.3 Å². The number of benzene rings is 1. The van der Waals surface area contributed by atoms with Crippen molar-refractivity contribution in [3.8, 4) is 11.8 Å². The van der Waals surface area contributed by atoms with Crippen LogP contribution in [-0.2, 0) is 30.0 Å². The molecule has 2 aliphatic heterocycles. The van der Waals surface area contributed by atoms with E-state index in [4.69, 9.17) is 23.4 Å². The second kappa shape index (κ2) is 13.1. The average Bonchev–Trinajstić information content (AvgIpc) is 3.62. The highest BCUT2D eigenvalue weighted by Crippen LogP contribution is 2.68. The van der Waals surface area contributed by atoms with Crippen LogP contribution >= 0.6 is 0 Å². The second-order valence-corrected chi connectivity index (χ2v) is 22.6. The van der Waals surface area contributed by atoms with Crippen molar-refractivity contribution in [1.82, 2.24) is 0 Å². The highest BCUT2D eigenvalue weighted by atomic mass is 28.4. The third kappa shape index (κ3) is 6.54. The number of rotatable bonds is 6. The molecule has 0 bridgehead atoms. The molecule has 7 rings (SSSR count). The van der Waals surface area contributed by atoms with Crippen molar-refractivity contribution in [1.29, 1.82) is 0 Å². The normalized spacial score (nSPS) is 37.3. The van der Waals surface area contributed by atoms with Crippen molar-refractivity contribution in [2.45, 2.75) is 152 Å². The molecular formula is C41H60O7Si. The van der Waals surface area contributed by atoms with Crippen molar-refractivity contribution >= 4 is 8.32 Å². The molecule has 8 heteroatoms. The van der Waals surface area contributed by atoms with E-state index in [1.165, 1.54) is 22.3 Å². The number of ether oxygens (including phenoxy) is 4. The lowest BCUT2D eigenvalue weighted by Crippen LogP contribution is -2.55. The Hall–Kier alpha value is -1.54. The molecule has 6 aliphatic rings. The van der Waals surface area contributed by atoms with Crippen molar-refractivity contribution in [3.05, 3.63) is 46.5 Å².